The highest BCUT2D eigenvalue weighted by Crippen LogP contribution is 2.26. The highest BCUT2D eigenvalue weighted by molar-refractivity contribution is 5.32. The van der Waals surface area contributed by atoms with Gasteiger partial charge in [0.05, 0.1) is 0 Å². The summed E-state index contributed by atoms with van der Waals surface area (Å²) in [6, 6.07) is 9.00. The van der Waals surface area contributed by atoms with Crippen molar-refractivity contribution < 1.29 is 0 Å². The van der Waals surface area contributed by atoms with Gasteiger partial charge in [0.1, 0.15) is 0 Å². The first-order valence-electron chi connectivity index (χ1n) is 11.6. The molecule has 0 heterocycles. The van der Waals surface area contributed by atoms with Crippen LogP contribution >= 0.6 is 0 Å². The molecule has 0 aliphatic heterocycles. The van der Waals surface area contributed by atoms with Gasteiger partial charge in [-0.05, 0) is 92.6 Å². The van der Waals surface area contributed by atoms with Gasteiger partial charge in [-0.2, -0.15) is 0 Å². The molecule has 0 bridgehead atoms. The lowest BCUT2D eigenvalue weighted by Crippen LogP contribution is -2.05. The minimum absolute atomic E-state index is 0. The van der Waals surface area contributed by atoms with Crippen LogP contribution in [0.4, 0.5) is 0 Å². The van der Waals surface area contributed by atoms with E-state index in [1.54, 1.807) is 0 Å². The lowest BCUT2D eigenvalue weighted by atomic mass is 9.86. The fourth-order valence-electron chi connectivity index (χ4n) is 3.42. The SMILES string of the molecule is C.C=C/C=C(/C)C(=C)CCCc1ccc(CC/C(C=C)=C(\C)C=C)cc1.C=CC1CCC1. The van der Waals surface area contributed by atoms with Crippen LogP contribution in [0.25, 0.3) is 0 Å². The zero-order valence-corrected chi connectivity index (χ0v) is 20.0. The Labute approximate surface area is 199 Å². The molecule has 1 aromatic rings. The third kappa shape index (κ3) is 11.1. The number of benzene rings is 1. The molecule has 1 aliphatic carbocycles. The third-order valence-corrected chi connectivity index (χ3v) is 6.12. The Morgan fingerprint density at radius 1 is 0.906 bits per heavy atom. The van der Waals surface area contributed by atoms with Crippen molar-refractivity contribution in [1.82, 2.24) is 0 Å². The van der Waals surface area contributed by atoms with E-state index in [1.807, 2.05) is 24.3 Å². The molecule has 0 aromatic heterocycles. The van der Waals surface area contributed by atoms with Crippen molar-refractivity contribution in [3.05, 3.63) is 121 Å². The molecule has 174 valence electrons. The Kier molecular flexibility index (Phi) is 15.6. The first kappa shape index (κ1) is 29.4. The van der Waals surface area contributed by atoms with Crippen LogP contribution in [0, 0.1) is 5.92 Å². The van der Waals surface area contributed by atoms with E-state index in [-0.39, 0.29) is 7.43 Å². The Bertz CT molecular complexity index is 791. The molecule has 0 radical (unpaired) electrons. The summed E-state index contributed by atoms with van der Waals surface area (Å²) in [4.78, 5) is 0. The zero-order chi connectivity index (χ0) is 23.1. The van der Waals surface area contributed by atoms with Crippen LogP contribution in [-0.2, 0) is 12.8 Å². The van der Waals surface area contributed by atoms with Crippen molar-refractivity contribution in [3.63, 3.8) is 0 Å². The van der Waals surface area contributed by atoms with E-state index >= 15 is 0 Å². The molecule has 1 aliphatic rings. The first-order valence-corrected chi connectivity index (χ1v) is 11.6. The van der Waals surface area contributed by atoms with E-state index in [0.29, 0.717) is 0 Å². The second kappa shape index (κ2) is 17.0. The van der Waals surface area contributed by atoms with Crippen LogP contribution in [0.3, 0.4) is 0 Å². The number of allylic oxidation sites excluding steroid dienone is 9. The highest BCUT2D eigenvalue weighted by Gasteiger charge is 2.11. The van der Waals surface area contributed by atoms with Gasteiger partial charge in [-0.15, -0.1) is 6.58 Å². The fourth-order valence-corrected chi connectivity index (χ4v) is 3.42. The summed E-state index contributed by atoms with van der Waals surface area (Å²) in [6.07, 6.45) is 19.3. The lowest BCUT2D eigenvalue weighted by Gasteiger charge is -2.20. The quantitative estimate of drug-likeness (QED) is 0.228. The van der Waals surface area contributed by atoms with Crippen molar-refractivity contribution in [2.24, 2.45) is 5.92 Å². The van der Waals surface area contributed by atoms with E-state index in [4.69, 9.17) is 0 Å². The van der Waals surface area contributed by atoms with Crippen LogP contribution in [0.15, 0.2) is 110 Å². The van der Waals surface area contributed by atoms with E-state index in [2.05, 4.69) is 77.1 Å². The van der Waals surface area contributed by atoms with Crippen LogP contribution < -0.4 is 0 Å². The van der Waals surface area contributed by atoms with Gasteiger partial charge < -0.3 is 0 Å². The van der Waals surface area contributed by atoms with Crippen molar-refractivity contribution in [1.29, 1.82) is 0 Å². The Hall–Kier alpha value is -2.60. The van der Waals surface area contributed by atoms with Crippen LogP contribution in [0.2, 0.25) is 0 Å². The molecule has 0 atom stereocenters. The fraction of sp³-hybridized carbons (Fsp3) is 0.375. The first-order chi connectivity index (χ1) is 14.9. The van der Waals surface area contributed by atoms with Gasteiger partial charge in [0, 0.05) is 0 Å². The van der Waals surface area contributed by atoms with Crippen molar-refractivity contribution in [2.45, 2.75) is 72.6 Å². The normalized spacial score (nSPS) is 13.9. The highest BCUT2D eigenvalue weighted by atomic mass is 14.2. The maximum Gasteiger partial charge on any atom is -0.0236 e. The van der Waals surface area contributed by atoms with E-state index in [0.717, 1.165) is 38.0 Å². The summed E-state index contributed by atoms with van der Waals surface area (Å²) in [6.45, 7) is 23.5. The molecule has 1 fully saturated rings. The molecule has 0 amide bonds. The standard InChI is InChI=1S/C25H32.C6H10.CH4/c1-7-11-21(5)22(6)12-10-13-23-14-16-24(17-15-23)18-19-25(9-3)20(4)8-2;1-2-6-4-3-5-6;/h7-9,11,14-17H,1-3,6,10,12-13,18-19H2,4-5H3;2,6H,1,3-5H2;1H4/b21-11-,25-20+;;. The van der Waals surface area contributed by atoms with E-state index in [9.17, 15) is 0 Å². The third-order valence-electron chi connectivity index (χ3n) is 6.12. The molecule has 0 heteroatoms. The Balaban J connectivity index is 0.00000118. The number of hydrogen-bond donors (Lipinski definition) is 0. The topological polar surface area (TPSA) is 0 Å². The summed E-state index contributed by atoms with van der Waals surface area (Å²) in [5.74, 6) is 0.880. The van der Waals surface area contributed by atoms with Crippen LogP contribution in [0.1, 0.15) is 70.9 Å². The van der Waals surface area contributed by atoms with Gasteiger partial charge in [-0.3, -0.25) is 0 Å². The zero-order valence-electron chi connectivity index (χ0n) is 20.0. The van der Waals surface area contributed by atoms with Crippen molar-refractivity contribution in [2.75, 3.05) is 0 Å². The molecule has 0 nitrogen and oxygen atoms in total. The summed E-state index contributed by atoms with van der Waals surface area (Å²) in [7, 11) is 0. The molecule has 0 spiro atoms. The molecular weight excluding hydrogens is 384 g/mol. The number of aryl methyl sites for hydroxylation is 2. The Morgan fingerprint density at radius 2 is 1.50 bits per heavy atom. The minimum Gasteiger partial charge on any atom is -0.103 e. The molecule has 1 saturated carbocycles. The summed E-state index contributed by atoms with van der Waals surface area (Å²) in [5.41, 5.74) is 7.69. The molecule has 0 saturated heterocycles. The second-order valence-corrected chi connectivity index (χ2v) is 8.40. The predicted molar refractivity (Wildman–Crippen MR) is 148 cm³/mol. The second-order valence-electron chi connectivity index (χ2n) is 8.40. The molecule has 0 N–H and O–H groups in total. The van der Waals surface area contributed by atoms with Crippen molar-refractivity contribution in [3.8, 4) is 0 Å². The summed E-state index contributed by atoms with van der Waals surface area (Å²) >= 11 is 0. The number of rotatable bonds is 12. The van der Waals surface area contributed by atoms with Gasteiger partial charge >= 0.3 is 0 Å². The minimum atomic E-state index is 0. The van der Waals surface area contributed by atoms with Gasteiger partial charge in [-0.1, -0.05) is 100 Å². The lowest BCUT2D eigenvalue weighted by molar-refractivity contribution is 0.388. The smallest absolute Gasteiger partial charge is 0.0236 e. The molecule has 2 rings (SSSR count). The van der Waals surface area contributed by atoms with Crippen LogP contribution in [-0.4, -0.2) is 0 Å². The summed E-state index contributed by atoms with van der Waals surface area (Å²) < 4.78 is 0. The van der Waals surface area contributed by atoms with Gasteiger partial charge in [0.2, 0.25) is 0 Å². The summed E-state index contributed by atoms with van der Waals surface area (Å²) in [5, 5.41) is 0. The Morgan fingerprint density at radius 3 is 1.91 bits per heavy atom. The maximum atomic E-state index is 4.15. The van der Waals surface area contributed by atoms with Crippen molar-refractivity contribution >= 4 is 0 Å². The molecule has 1 aromatic carbocycles. The molecule has 0 unspecified atom stereocenters. The maximum absolute atomic E-state index is 4.15. The van der Waals surface area contributed by atoms with E-state index < -0.39 is 0 Å². The average molecular weight is 431 g/mol. The molecular formula is C32H46. The average Bonchev–Trinajstić information content (AvgIpc) is 2.74. The van der Waals surface area contributed by atoms with E-state index in [1.165, 1.54) is 52.7 Å². The molecule has 32 heavy (non-hydrogen) atoms. The predicted octanol–water partition coefficient (Wildman–Crippen LogP) is 9.93. The van der Waals surface area contributed by atoms with Crippen LogP contribution in [0.5, 0.6) is 0 Å². The van der Waals surface area contributed by atoms with Gasteiger partial charge in [0.15, 0.2) is 0 Å². The largest absolute Gasteiger partial charge is 0.103 e. The monoisotopic (exact) mass is 430 g/mol. The van der Waals surface area contributed by atoms with Gasteiger partial charge in [-0.25, -0.2) is 0 Å². The van der Waals surface area contributed by atoms with Gasteiger partial charge in [0.25, 0.3) is 0 Å². The number of hydrogen-bond acceptors (Lipinski definition) is 0.